The summed E-state index contributed by atoms with van der Waals surface area (Å²) in [7, 11) is 0. The minimum Gasteiger partial charge on any atom is -0.264 e. The van der Waals surface area contributed by atoms with E-state index >= 15 is 0 Å². The van der Waals surface area contributed by atoms with Crippen LogP contribution in [0.15, 0.2) is 176 Å². The van der Waals surface area contributed by atoms with Crippen LogP contribution in [0.25, 0.3) is 88.8 Å². The first-order valence-corrected chi connectivity index (χ1v) is 18.2. The summed E-state index contributed by atoms with van der Waals surface area (Å²) in [6.07, 6.45) is 3.70. The Kier molecular flexibility index (Phi) is 7.16. The van der Waals surface area contributed by atoms with Gasteiger partial charge in [-0.25, -0.2) is 9.97 Å². The average Bonchev–Trinajstić information content (AvgIpc) is 3.47. The van der Waals surface area contributed by atoms with Crippen LogP contribution < -0.4 is 0 Å². The number of hydrogen-bond donors (Lipinski definition) is 0. The van der Waals surface area contributed by atoms with E-state index in [4.69, 9.17) is 9.97 Å². The van der Waals surface area contributed by atoms with Crippen molar-refractivity contribution in [1.29, 1.82) is 0 Å². The molecule has 53 heavy (non-hydrogen) atoms. The van der Waals surface area contributed by atoms with E-state index in [1.54, 1.807) is 6.20 Å². The van der Waals surface area contributed by atoms with Crippen LogP contribution >= 0.6 is 0 Å². The van der Waals surface area contributed by atoms with Gasteiger partial charge in [0.2, 0.25) is 0 Å². The molecule has 0 N–H and O–H groups in total. The molecule has 0 saturated heterocycles. The monoisotopic (exact) mass is 677 g/mol. The zero-order chi connectivity index (χ0) is 35.5. The Morgan fingerprint density at radius 1 is 0.396 bits per heavy atom. The highest BCUT2D eigenvalue weighted by atomic mass is 14.9. The van der Waals surface area contributed by atoms with Crippen molar-refractivity contribution in [2.45, 2.75) is 19.3 Å². The maximum absolute atomic E-state index is 5.27. The van der Waals surface area contributed by atoms with Gasteiger partial charge in [0.25, 0.3) is 0 Å². The first-order valence-electron chi connectivity index (χ1n) is 18.2. The SMILES string of the molecule is CC1(C)c2c(cccc2-c2ccc(-c3nc(-c4ccccc4)cc(-c4ccc(-c5cccnc5)cc4)n3)c3ccccc23)-c2ccc3ccccc3c21. The van der Waals surface area contributed by atoms with Gasteiger partial charge in [-0.1, -0.05) is 159 Å². The van der Waals surface area contributed by atoms with Crippen LogP contribution in [0.5, 0.6) is 0 Å². The molecule has 0 spiro atoms. The molecule has 9 aromatic rings. The van der Waals surface area contributed by atoms with Gasteiger partial charge in [0.05, 0.1) is 11.4 Å². The first kappa shape index (κ1) is 31.1. The zero-order valence-electron chi connectivity index (χ0n) is 29.6. The third-order valence-corrected chi connectivity index (χ3v) is 11.0. The topological polar surface area (TPSA) is 38.7 Å². The molecule has 0 bridgehead atoms. The number of hydrogen-bond acceptors (Lipinski definition) is 3. The summed E-state index contributed by atoms with van der Waals surface area (Å²) in [5, 5.41) is 4.93. The predicted octanol–water partition coefficient (Wildman–Crippen LogP) is 12.8. The molecule has 3 heteroatoms. The molecule has 0 atom stereocenters. The molecule has 0 aliphatic heterocycles. The third-order valence-electron chi connectivity index (χ3n) is 11.0. The highest BCUT2D eigenvalue weighted by Gasteiger charge is 2.39. The van der Waals surface area contributed by atoms with Gasteiger partial charge in [0.1, 0.15) is 0 Å². The quantitative estimate of drug-likeness (QED) is 0.182. The molecule has 0 amide bonds. The number of benzene rings is 7. The van der Waals surface area contributed by atoms with Crippen molar-refractivity contribution in [1.82, 2.24) is 15.0 Å². The van der Waals surface area contributed by atoms with Crippen LogP contribution in [-0.4, -0.2) is 15.0 Å². The molecule has 10 rings (SSSR count). The Hall–Kier alpha value is -6.71. The summed E-state index contributed by atoms with van der Waals surface area (Å²) in [6.45, 7) is 4.77. The van der Waals surface area contributed by atoms with Crippen LogP contribution in [0.2, 0.25) is 0 Å². The van der Waals surface area contributed by atoms with Gasteiger partial charge in [-0.3, -0.25) is 4.98 Å². The molecule has 1 aliphatic rings. The molecular weight excluding hydrogens is 643 g/mol. The van der Waals surface area contributed by atoms with Crippen LogP contribution in [0.3, 0.4) is 0 Å². The van der Waals surface area contributed by atoms with Gasteiger partial charge in [-0.2, -0.15) is 0 Å². The second kappa shape index (κ2) is 12.2. The van der Waals surface area contributed by atoms with E-state index in [1.165, 1.54) is 49.5 Å². The molecule has 7 aromatic carbocycles. The Morgan fingerprint density at radius 2 is 0.962 bits per heavy atom. The number of fused-ring (bicyclic) bond motifs is 6. The van der Waals surface area contributed by atoms with E-state index in [2.05, 4.69) is 170 Å². The van der Waals surface area contributed by atoms with Crippen LogP contribution in [0.4, 0.5) is 0 Å². The average molecular weight is 678 g/mol. The molecule has 0 unspecified atom stereocenters. The molecule has 0 fully saturated rings. The third kappa shape index (κ3) is 5.08. The van der Waals surface area contributed by atoms with Gasteiger partial charge in [0.15, 0.2) is 5.82 Å². The highest BCUT2D eigenvalue weighted by molar-refractivity contribution is 6.07. The number of rotatable bonds is 5. The number of aromatic nitrogens is 3. The summed E-state index contributed by atoms with van der Waals surface area (Å²) in [5.74, 6) is 0.706. The fourth-order valence-electron chi connectivity index (χ4n) is 8.54. The normalized spacial score (nSPS) is 12.9. The summed E-state index contributed by atoms with van der Waals surface area (Å²) in [4.78, 5) is 14.8. The van der Waals surface area contributed by atoms with Crippen molar-refractivity contribution in [3.63, 3.8) is 0 Å². The summed E-state index contributed by atoms with van der Waals surface area (Å²) >= 11 is 0. The second-order valence-corrected chi connectivity index (χ2v) is 14.4. The minimum absolute atomic E-state index is 0.184. The molecule has 0 saturated carbocycles. The van der Waals surface area contributed by atoms with Crippen molar-refractivity contribution in [2.24, 2.45) is 0 Å². The molecule has 2 heterocycles. The van der Waals surface area contributed by atoms with E-state index in [0.717, 1.165) is 44.6 Å². The van der Waals surface area contributed by atoms with E-state index in [1.807, 2.05) is 18.3 Å². The maximum atomic E-state index is 5.27. The molecule has 0 radical (unpaired) electrons. The van der Waals surface area contributed by atoms with Crippen molar-refractivity contribution in [3.8, 4) is 67.3 Å². The van der Waals surface area contributed by atoms with E-state index in [-0.39, 0.29) is 5.41 Å². The van der Waals surface area contributed by atoms with Crippen molar-refractivity contribution in [3.05, 3.63) is 187 Å². The Morgan fingerprint density at radius 3 is 1.70 bits per heavy atom. The van der Waals surface area contributed by atoms with Gasteiger partial charge in [0, 0.05) is 34.5 Å². The smallest absolute Gasteiger partial charge is 0.161 e. The standard InChI is InChI=1S/C50H35N3/c1-50(2)47-37-16-7-6-12-33(37)25-26-43(47)42-20-10-19-41(48(42)50)40-27-28-44(39-18-9-8-17-38(39)40)49-52-45(34-13-4-3-5-14-34)30-46(53-49)35-23-21-32(22-24-35)36-15-11-29-51-31-36/h3-31H,1-2H3. The fourth-order valence-corrected chi connectivity index (χ4v) is 8.54. The molecule has 1 aliphatic carbocycles. The molecule has 2 aromatic heterocycles. The number of pyridine rings is 1. The van der Waals surface area contributed by atoms with Gasteiger partial charge in [-0.05, 0) is 84.3 Å². The Balaban J connectivity index is 1.14. The lowest BCUT2D eigenvalue weighted by Crippen LogP contribution is -2.17. The number of nitrogens with zero attached hydrogens (tertiary/aromatic N) is 3. The second-order valence-electron chi connectivity index (χ2n) is 14.4. The van der Waals surface area contributed by atoms with E-state index in [9.17, 15) is 0 Å². The van der Waals surface area contributed by atoms with Crippen LogP contribution in [-0.2, 0) is 5.41 Å². The lowest BCUT2D eigenvalue weighted by molar-refractivity contribution is 0.668. The Bertz CT molecular complexity index is 2840. The molecule has 3 nitrogen and oxygen atoms in total. The van der Waals surface area contributed by atoms with Crippen LogP contribution in [0, 0.1) is 0 Å². The minimum atomic E-state index is -0.184. The lowest BCUT2D eigenvalue weighted by Gasteiger charge is -2.26. The van der Waals surface area contributed by atoms with Crippen LogP contribution in [0.1, 0.15) is 25.0 Å². The maximum Gasteiger partial charge on any atom is 0.161 e. The zero-order valence-corrected chi connectivity index (χ0v) is 29.6. The molecular formula is C50H35N3. The summed E-state index contributed by atoms with van der Waals surface area (Å²) < 4.78 is 0. The Labute approximate surface area is 309 Å². The van der Waals surface area contributed by atoms with Gasteiger partial charge in [-0.15, -0.1) is 0 Å². The fraction of sp³-hybridized carbons (Fsp3) is 0.0600. The van der Waals surface area contributed by atoms with Crippen molar-refractivity contribution >= 4 is 21.5 Å². The van der Waals surface area contributed by atoms with E-state index < -0.39 is 0 Å². The summed E-state index contributed by atoms with van der Waals surface area (Å²) in [5.41, 5.74) is 14.8. The van der Waals surface area contributed by atoms with Gasteiger partial charge < -0.3 is 0 Å². The lowest BCUT2D eigenvalue weighted by atomic mass is 9.77. The summed E-state index contributed by atoms with van der Waals surface area (Å²) in [6, 6.07) is 58.5. The molecule has 250 valence electrons. The predicted molar refractivity (Wildman–Crippen MR) is 220 cm³/mol. The van der Waals surface area contributed by atoms with Crippen molar-refractivity contribution in [2.75, 3.05) is 0 Å². The first-order chi connectivity index (χ1) is 26.0. The largest absolute Gasteiger partial charge is 0.264 e. The van der Waals surface area contributed by atoms with Crippen molar-refractivity contribution < 1.29 is 0 Å². The van der Waals surface area contributed by atoms with Gasteiger partial charge >= 0.3 is 0 Å². The van der Waals surface area contributed by atoms with E-state index in [0.29, 0.717) is 5.82 Å². The highest BCUT2D eigenvalue weighted by Crippen LogP contribution is 2.55.